The maximum Gasteiger partial charge on any atom is 0.0171 e. The number of hydrogen-bond acceptors (Lipinski definition) is 2. The van der Waals surface area contributed by atoms with Gasteiger partial charge in [-0.05, 0) is 18.8 Å². The Morgan fingerprint density at radius 2 is 2.15 bits per heavy atom. The summed E-state index contributed by atoms with van der Waals surface area (Å²) in [5.74, 6) is 2.08. The molecule has 0 amide bonds. The summed E-state index contributed by atoms with van der Waals surface area (Å²) in [6.07, 6.45) is 2.61. The molecule has 0 spiro atoms. The van der Waals surface area contributed by atoms with E-state index in [9.17, 15) is 0 Å². The summed E-state index contributed by atoms with van der Waals surface area (Å²) in [5, 5.41) is 4.64. The molecule has 1 rings (SSSR count). The van der Waals surface area contributed by atoms with Crippen LogP contribution in [0.2, 0.25) is 0 Å². The van der Waals surface area contributed by atoms with Crippen molar-refractivity contribution in [1.29, 1.82) is 0 Å². The summed E-state index contributed by atoms with van der Waals surface area (Å²) in [4.78, 5) is 0. The minimum Gasteiger partial charge on any atom is -0.310 e. The van der Waals surface area contributed by atoms with Gasteiger partial charge < -0.3 is 5.32 Å². The third kappa shape index (κ3) is 3.51. The summed E-state index contributed by atoms with van der Waals surface area (Å²) in [7, 11) is 0. The van der Waals surface area contributed by atoms with Crippen LogP contribution in [-0.2, 0) is 0 Å². The molecule has 1 fully saturated rings. The van der Waals surface area contributed by atoms with E-state index in [4.69, 9.17) is 0 Å². The van der Waals surface area contributed by atoms with E-state index in [0.717, 1.165) is 23.3 Å². The lowest BCUT2D eigenvalue weighted by Gasteiger charge is -2.24. The van der Waals surface area contributed by atoms with E-state index in [1.165, 1.54) is 18.6 Å². The highest BCUT2D eigenvalue weighted by atomic mass is 32.2. The average molecular weight is 201 g/mol. The molecule has 1 heterocycles. The average Bonchev–Trinajstić information content (AvgIpc) is 2.46. The van der Waals surface area contributed by atoms with Crippen LogP contribution in [0.25, 0.3) is 0 Å². The predicted molar refractivity (Wildman–Crippen MR) is 62.4 cm³/mol. The molecular weight excluding hydrogens is 178 g/mol. The first-order chi connectivity index (χ1) is 6.13. The lowest BCUT2D eigenvalue weighted by Crippen LogP contribution is -2.41. The maximum atomic E-state index is 3.77. The summed E-state index contributed by atoms with van der Waals surface area (Å²) in [6.45, 7) is 9.24. The SMILES string of the molecule is CCC(NC1CSC(C)C1)C(C)C. The zero-order chi connectivity index (χ0) is 9.84. The lowest BCUT2D eigenvalue weighted by molar-refractivity contribution is 0.351. The largest absolute Gasteiger partial charge is 0.310 e. The Balaban J connectivity index is 2.30. The summed E-state index contributed by atoms with van der Waals surface area (Å²) >= 11 is 2.11. The molecule has 1 aliphatic rings. The van der Waals surface area contributed by atoms with Gasteiger partial charge in [-0.25, -0.2) is 0 Å². The fourth-order valence-electron chi connectivity index (χ4n) is 2.02. The van der Waals surface area contributed by atoms with Crippen molar-refractivity contribution >= 4 is 11.8 Å². The van der Waals surface area contributed by atoms with E-state index >= 15 is 0 Å². The van der Waals surface area contributed by atoms with Gasteiger partial charge in [0.15, 0.2) is 0 Å². The summed E-state index contributed by atoms with van der Waals surface area (Å²) in [6, 6.07) is 1.49. The van der Waals surface area contributed by atoms with Crippen LogP contribution in [0.1, 0.15) is 40.5 Å². The molecular formula is C11H23NS. The van der Waals surface area contributed by atoms with Gasteiger partial charge in [0, 0.05) is 23.1 Å². The lowest BCUT2D eigenvalue weighted by atomic mass is 10.0. The van der Waals surface area contributed by atoms with Gasteiger partial charge in [-0.15, -0.1) is 0 Å². The fraction of sp³-hybridized carbons (Fsp3) is 1.00. The van der Waals surface area contributed by atoms with Gasteiger partial charge in [-0.3, -0.25) is 0 Å². The molecule has 0 saturated carbocycles. The van der Waals surface area contributed by atoms with Gasteiger partial charge in [0.1, 0.15) is 0 Å². The van der Waals surface area contributed by atoms with Gasteiger partial charge in [-0.2, -0.15) is 11.8 Å². The third-order valence-corrected chi connectivity index (χ3v) is 4.25. The molecule has 78 valence electrons. The van der Waals surface area contributed by atoms with Crippen molar-refractivity contribution in [2.45, 2.75) is 57.9 Å². The molecule has 0 aromatic rings. The van der Waals surface area contributed by atoms with E-state index in [2.05, 4.69) is 44.8 Å². The van der Waals surface area contributed by atoms with Gasteiger partial charge >= 0.3 is 0 Å². The van der Waals surface area contributed by atoms with Crippen LogP contribution < -0.4 is 5.32 Å². The fourth-order valence-corrected chi connectivity index (χ4v) is 3.18. The first-order valence-corrected chi connectivity index (χ1v) is 6.56. The van der Waals surface area contributed by atoms with Crippen LogP contribution in [0.3, 0.4) is 0 Å². The Hall–Kier alpha value is 0.310. The van der Waals surface area contributed by atoms with E-state index in [1.54, 1.807) is 0 Å². The molecule has 0 aromatic heterocycles. The molecule has 0 bridgehead atoms. The Labute approximate surface area is 87.1 Å². The first-order valence-electron chi connectivity index (χ1n) is 5.51. The van der Waals surface area contributed by atoms with Crippen molar-refractivity contribution in [3.63, 3.8) is 0 Å². The Morgan fingerprint density at radius 1 is 1.46 bits per heavy atom. The Kier molecular flexibility index (Phi) is 4.60. The molecule has 1 aliphatic heterocycles. The van der Waals surface area contributed by atoms with Crippen molar-refractivity contribution in [2.24, 2.45) is 5.92 Å². The summed E-state index contributed by atoms with van der Waals surface area (Å²) in [5.41, 5.74) is 0. The quantitative estimate of drug-likeness (QED) is 0.750. The van der Waals surface area contributed by atoms with Crippen LogP contribution in [0.15, 0.2) is 0 Å². The number of nitrogens with one attached hydrogen (secondary N) is 1. The van der Waals surface area contributed by atoms with E-state index in [-0.39, 0.29) is 0 Å². The number of thioether (sulfide) groups is 1. The van der Waals surface area contributed by atoms with Crippen molar-refractivity contribution in [1.82, 2.24) is 5.32 Å². The van der Waals surface area contributed by atoms with Gasteiger partial charge in [0.25, 0.3) is 0 Å². The minimum absolute atomic E-state index is 0.718. The molecule has 1 nitrogen and oxygen atoms in total. The van der Waals surface area contributed by atoms with E-state index in [1.807, 2.05) is 0 Å². The Bertz CT molecular complexity index is 147. The van der Waals surface area contributed by atoms with Crippen molar-refractivity contribution in [2.75, 3.05) is 5.75 Å². The molecule has 3 unspecified atom stereocenters. The van der Waals surface area contributed by atoms with Crippen molar-refractivity contribution in [3.8, 4) is 0 Å². The predicted octanol–water partition coefficient (Wildman–Crippen LogP) is 2.90. The van der Waals surface area contributed by atoms with Crippen molar-refractivity contribution in [3.05, 3.63) is 0 Å². The second-order valence-electron chi connectivity index (χ2n) is 4.50. The van der Waals surface area contributed by atoms with Gasteiger partial charge in [0.2, 0.25) is 0 Å². The topological polar surface area (TPSA) is 12.0 Å². The zero-order valence-corrected chi connectivity index (χ0v) is 10.2. The molecule has 3 atom stereocenters. The monoisotopic (exact) mass is 201 g/mol. The molecule has 2 heteroatoms. The summed E-state index contributed by atoms with van der Waals surface area (Å²) < 4.78 is 0. The number of hydrogen-bond donors (Lipinski definition) is 1. The first kappa shape index (κ1) is 11.4. The van der Waals surface area contributed by atoms with Crippen LogP contribution in [0, 0.1) is 5.92 Å². The smallest absolute Gasteiger partial charge is 0.0171 e. The molecule has 0 radical (unpaired) electrons. The zero-order valence-electron chi connectivity index (χ0n) is 9.34. The highest BCUT2D eigenvalue weighted by molar-refractivity contribution is 8.00. The molecule has 0 aromatic carbocycles. The van der Waals surface area contributed by atoms with Crippen LogP contribution in [-0.4, -0.2) is 23.1 Å². The third-order valence-electron chi connectivity index (χ3n) is 2.89. The van der Waals surface area contributed by atoms with Crippen LogP contribution in [0.5, 0.6) is 0 Å². The molecule has 13 heavy (non-hydrogen) atoms. The van der Waals surface area contributed by atoms with Crippen molar-refractivity contribution < 1.29 is 0 Å². The van der Waals surface area contributed by atoms with Gasteiger partial charge in [-0.1, -0.05) is 27.7 Å². The Morgan fingerprint density at radius 3 is 2.54 bits per heavy atom. The molecule has 0 aliphatic carbocycles. The second kappa shape index (κ2) is 5.26. The normalized spacial score (nSPS) is 31.2. The highest BCUT2D eigenvalue weighted by Gasteiger charge is 2.24. The van der Waals surface area contributed by atoms with Gasteiger partial charge in [0.05, 0.1) is 0 Å². The maximum absolute atomic E-state index is 3.77. The standard InChI is InChI=1S/C11H23NS/c1-5-11(8(2)3)12-10-6-9(4)13-7-10/h8-12H,5-7H2,1-4H3. The minimum atomic E-state index is 0.718. The molecule has 1 N–H and O–H groups in total. The molecule has 1 saturated heterocycles. The van der Waals surface area contributed by atoms with Crippen LogP contribution in [0.4, 0.5) is 0 Å². The van der Waals surface area contributed by atoms with Crippen LogP contribution >= 0.6 is 11.8 Å². The number of rotatable bonds is 4. The second-order valence-corrected chi connectivity index (χ2v) is 5.97. The van der Waals surface area contributed by atoms with E-state index in [0.29, 0.717) is 0 Å². The highest BCUT2D eigenvalue weighted by Crippen LogP contribution is 2.26. The van der Waals surface area contributed by atoms with E-state index < -0.39 is 0 Å².